The number of hydrogen-bond acceptors (Lipinski definition) is 3. The van der Waals surface area contributed by atoms with E-state index in [0.717, 1.165) is 6.54 Å². The highest BCUT2D eigenvalue weighted by atomic mass is 32.2. The second-order valence-electron chi connectivity index (χ2n) is 5.39. The molecule has 1 aromatic rings. The van der Waals surface area contributed by atoms with Gasteiger partial charge in [0.2, 0.25) is 0 Å². The Balaban J connectivity index is 1.77. The molecule has 98 valence electrons. The lowest BCUT2D eigenvalue weighted by molar-refractivity contribution is 0.492. The first-order valence-electron chi connectivity index (χ1n) is 7.00. The van der Waals surface area contributed by atoms with Crippen LogP contribution in [-0.4, -0.2) is 36.7 Å². The van der Waals surface area contributed by atoms with E-state index < -0.39 is 0 Å². The number of nitrogens with one attached hydrogen (secondary N) is 1. The summed E-state index contributed by atoms with van der Waals surface area (Å²) in [5, 5.41) is 3.66. The largest absolute Gasteiger partial charge is 0.367 e. The van der Waals surface area contributed by atoms with Crippen LogP contribution in [0, 0.1) is 0 Å². The number of nitrogens with zero attached hydrogens (tertiary/aromatic N) is 1. The van der Waals surface area contributed by atoms with Crippen molar-refractivity contribution in [1.29, 1.82) is 0 Å². The van der Waals surface area contributed by atoms with Gasteiger partial charge in [0.05, 0.1) is 0 Å². The lowest BCUT2D eigenvalue weighted by Crippen LogP contribution is -2.49. The molecule has 0 radical (unpaired) electrons. The molecule has 0 bridgehead atoms. The summed E-state index contributed by atoms with van der Waals surface area (Å²) in [6, 6.07) is 10.2. The number of aryl methyl sites for hydroxylation is 1. The molecule has 0 saturated carbocycles. The van der Waals surface area contributed by atoms with Crippen LogP contribution < -0.4 is 10.2 Å². The monoisotopic (exact) mass is 262 g/mol. The molecular formula is C15H22N2S. The van der Waals surface area contributed by atoms with Crippen molar-refractivity contribution >= 4 is 17.4 Å². The number of benzene rings is 1. The quantitative estimate of drug-likeness (QED) is 0.882. The molecular weight excluding hydrogens is 240 g/mol. The van der Waals surface area contributed by atoms with Gasteiger partial charge in [-0.25, -0.2) is 0 Å². The first-order chi connectivity index (χ1) is 8.84. The number of fused-ring (bicyclic) bond motifs is 1. The number of hydrogen-bond donors (Lipinski definition) is 1. The first kappa shape index (κ1) is 12.4. The van der Waals surface area contributed by atoms with Crippen molar-refractivity contribution in [3.05, 3.63) is 29.8 Å². The van der Waals surface area contributed by atoms with Crippen molar-refractivity contribution in [3.63, 3.8) is 0 Å². The molecule has 1 N–H and O–H groups in total. The smallest absolute Gasteiger partial charge is 0.0401 e. The zero-order valence-electron chi connectivity index (χ0n) is 11.1. The van der Waals surface area contributed by atoms with Gasteiger partial charge < -0.3 is 10.2 Å². The Morgan fingerprint density at radius 1 is 1.39 bits per heavy atom. The Morgan fingerprint density at radius 3 is 3.11 bits per heavy atom. The van der Waals surface area contributed by atoms with E-state index >= 15 is 0 Å². The Hall–Kier alpha value is -0.670. The minimum atomic E-state index is 0.650. The minimum Gasteiger partial charge on any atom is -0.367 e. The maximum atomic E-state index is 3.66. The lowest BCUT2D eigenvalue weighted by atomic mass is 9.96. The van der Waals surface area contributed by atoms with Gasteiger partial charge in [-0.15, -0.1) is 0 Å². The molecule has 0 aliphatic carbocycles. The Morgan fingerprint density at radius 2 is 2.28 bits per heavy atom. The van der Waals surface area contributed by atoms with E-state index in [0.29, 0.717) is 12.1 Å². The summed E-state index contributed by atoms with van der Waals surface area (Å²) in [5.74, 6) is 2.52. The molecule has 1 aromatic carbocycles. The fraction of sp³-hybridized carbons (Fsp3) is 0.600. The van der Waals surface area contributed by atoms with Gasteiger partial charge in [0.25, 0.3) is 0 Å². The molecule has 1 fully saturated rings. The van der Waals surface area contributed by atoms with Gasteiger partial charge in [0.1, 0.15) is 0 Å². The second kappa shape index (κ2) is 5.54. The van der Waals surface area contributed by atoms with Gasteiger partial charge in [0.15, 0.2) is 0 Å². The second-order valence-corrected chi connectivity index (χ2v) is 6.54. The Bertz CT molecular complexity index is 401. The maximum Gasteiger partial charge on any atom is 0.0401 e. The van der Waals surface area contributed by atoms with Crippen molar-refractivity contribution < 1.29 is 0 Å². The number of thioether (sulfide) groups is 1. The molecule has 0 amide bonds. The third kappa shape index (κ3) is 2.52. The van der Waals surface area contributed by atoms with Crippen LogP contribution in [-0.2, 0) is 6.42 Å². The predicted molar refractivity (Wildman–Crippen MR) is 80.7 cm³/mol. The van der Waals surface area contributed by atoms with Crippen molar-refractivity contribution in [2.45, 2.75) is 31.8 Å². The summed E-state index contributed by atoms with van der Waals surface area (Å²) in [5.41, 5.74) is 2.99. The van der Waals surface area contributed by atoms with Gasteiger partial charge in [-0.05, 0) is 31.4 Å². The summed E-state index contributed by atoms with van der Waals surface area (Å²) in [7, 11) is 0. The molecule has 2 heterocycles. The SMILES string of the molecule is CC1CCc2ccccc2N1CC1CSCCN1. The third-order valence-electron chi connectivity index (χ3n) is 4.08. The predicted octanol–water partition coefficient (Wildman–Crippen LogP) is 2.53. The summed E-state index contributed by atoms with van der Waals surface area (Å²) in [6.45, 7) is 4.69. The molecule has 3 heteroatoms. The minimum absolute atomic E-state index is 0.650. The molecule has 2 nitrogen and oxygen atoms in total. The molecule has 3 rings (SSSR count). The topological polar surface area (TPSA) is 15.3 Å². The molecule has 18 heavy (non-hydrogen) atoms. The van der Waals surface area contributed by atoms with Crippen molar-refractivity contribution in [3.8, 4) is 0 Å². The summed E-state index contributed by atoms with van der Waals surface area (Å²) < 4.78 is 0. The zero-order valence-corrected chi connectivity index (χ0v) is 11.9. The number of anilines is 1. The number of rotatable bonds is 2. The molecule has 0 aromatic heterocycles. The van der Waals surface area contributed by atoms with Crippen molar-refractivity contribution in [2.75, 3.05) is 29.5 Å². The fourth-order valence-electron chi connectivity index (χ4n) is 3.01. The first-order valence-corrected chi connectivity index (χ1v) is 8.16. The molecule has 0 spiro atoms. The van der Waals surface area contributed by atoms with Crippen LogP contribution in [0.1, 0.15) is 18.9 Å². The molecule has 2 atom stereocenters. The third-order valence-corrected chi connectivity index (χ3v) is 5.21. The highest BCUT2D eigenvalue weighted by Gasteiger charge is 2.25. The Kier molecular flexibility index (Phi) is 3.80. The van der Waals surface area contributed by atoms with E-state index in [2.05, 4.69) is 53.2 Å². The zero-order chi connectivity index (χ0) is 12.4. The summed E-state index contributed by atoms with van der Waals surface area (Å²) in [4.78, 5) is 2.61. The van der Waals surface area contributed by atoms with Crippen LogP contribution in [0.15, 0.2) is 24.3 Å². The fourth-order valence-corrected chi connectivity index (χ4v) is 3.95. The van der Waals surface area contributed by atoms with E-state index in [1.54, 1.807) is 0 Å². The van der Waals surface area contributed by atoms with Crippen LogP contribution in [0.25, 0.3) is 0 Å². The van der Waals surface area contributed by atoms with Crippen LogP contribution in [0.3, 0.4) is 0 Å². The highest BCUT2D eigenvalue weighted by molar-refractivity contribution is 7.99. The van der Waals surface area contributed by atoms with Gasteiger partial charge in [-0.3, -0.25) is 0 Å². The van der Waals surface area contributed by atoms with E-state index in [-0.39, 0.29) is 0 Å². The molecule has 1 saturated heterocycles. The maximum absolute atomic E-state index is 3.66. The summed E-state index contributed by atoms with van der Waals surface area (Å²) in [6.07, 6.45) is 2.53. The van der Waals surface area contributed by atoms with Gasteiger partial charge in [-0.1, -0.05) is 18.2 Å². The average molecular weight is 262 g/mol. The van der Waals surface area contributed by atoms with Gasteiger partial charge >= 0.3 is 0 Å². The average Bonchev–Trinajstić information content (AvgIpc) is 2.43. The van der Waals surface area contributed by atoms with E-state index in [1.165, 1.54) is 42.1 Å². The van der Waals surface area contributed by atoms with Crippen LogP contribution in [0.4, 0.5) is 5.69 Å². The van der Waals surface area contributed by atoms with Crippen LogP contribution >= 0.6 is 11.8 Å². The Labute approximate surface area is 114 Å². The van der Waals surface area contributed by atoms with E-state index in [1.807, 2.05) is 0 Å². The standard InChI is InChI=1S/C15H22N2S/c1-12-6-7-13-4-2-3-5-15(13)17(12)10-14-11-18-9-8-16-14/h2-5,12,14,16H,6-11H2,1H3. The van der Waals surface area contributed by atoms with Gasteiger partial charge in [-0.2, -0.15) is 11.8 Å². The summed E-state index contributed by atoms with van der Waals surface area (Å²) >= 11 is 2.08. The number of para-hydroxylation sites is 1. The van der Waals surface area contributed by atoms with Crippen molar-refractivity contribution in [1.82, 2.24) is 5.32 Å². The normalized spacial score (nSPS) is 27.9. The van der Waals surface area contributed by atoms with Gasteiger partial charge in [0, 0.05) is 42.4 Å². The van der Waals surface area contributed by atoms with Crippen LogP contribution in [0.5, 0.6) is 0 Å². The van der Waals surface area contributed by atoms with Crippen molar-refractivity contribution in [2.24, 2.45) is 0 Å². The van der Waals surface area contributed by atoms with E-state index in [9.17, 15) is 0 Å². The highest BCUT2D eigenvalue weighted by Crippen LogP contribution is 2.30. The van der Waals surface area contributed by atoms with Crippen LogP contribution in [0.2, 0.25) is 0 Å². The lowest BCUT2D eigenvalue weighted by Gasteiger charge is -2.40. The van der Waals surface area contributed by atoms with E-state index in [4.69, 9.17) is 0 Å². The molecule has 2 aliphatic rings. The molecule has 2 unspecified atom stereocenters. The molecule has 2 aliphatic heterocycles.